The Balaban J connectivity index is 0.00000544. The number of nitrogens with zero attached hydrogens (tertiary/aromatic N) is 4. The normalized spacial score (nSPS) is 13.2. The van der Waals surface area contributed by atoms with Crippen molar-refractivity contribution in [2.24, 2.45) is 0 Å². The second-order valence-corrected chi connectivity index (χ2v) is 20.2. The maximum absolute atomic E-state index is 6.66. The van der Waals surface area contributed by atoms with Crippen LogP contribution in [0.25, 0.3) is 38.8 Å². The first kappa shape index (κ1) is 44.0. The Kier molecular flexibility index (Phi) is 11.5. The van der Waals surface area contributed by atoms with E-state index in [0.717, 1.165) is 55.9 Å². The summed E-state index contributed by atoms with van der Waals surface area (Å²) in [5.74, 6) is 2.47. The van der Waals surface area contributed by atoms with E-state index < -0.39 is 0 Å². The van der Waals surface area contributed by atoms with Gasteiger partial charge in [0.15, 0.2) is 0 Å². The van der Waals surface area contributed by atoms with Crippen molar-refractivity contribution in [3.63, 3.8) is 0 Å². The molecule has 324 valence electrons. The predicted molar refractivity (Wildman–Crippen MR) is 260 cm³/mol. The second-order valence-electron chi connectivity index (χ2n) is 20.2. The van der Waals surface area contributed by atoms with Crippen LogP contribution in [0.2, 0.25) is 0 Å². The summed E-state index contributed by atoms with van der Waals surface area (Å²) < 4.78 is 8.88. The summed E-state index contributed by atoms with van der Waals surface area (Å²) in [5, 5.41) is 2.23. The molecule has 1 aliphatic heterocycles. The zero-order valence-electron chi connectivity index (χ0n) is 38.4. The van der Waals surface area contributed by atoms with E-state index in [4.69, 9.17) is 9.72 Å². The number of aromatic nitrogens is 2. The second kappa shape index (κ2) is 16.5. The van der Waals surface area contributed by atoms with Crippen molar-refractivity contribution in [1.82, 2.24) is 9.55 Å². The summed E-state index contributed by atoms with van der Waals surface area (Å²) in [6.45, 7) is 27.1. The average molecular weight is 1010 g/mol. The third-order valence-electron chi connectivity index (χ3n) is 12.2. The van der Waals surface area contributed by atoms with Gasteiger partial charge in [0.25, 0.3) is 0 Å². The van der Waals surface area contributed by atoms with E-state index in [0.29, 0.717) is 17.4 Å². The predicted octanol–water partition coefficient (Wildman–Crippen LogP) is 15.7. The van der Waals surface area contributed by atoms with Crippen LogP contribution in [-0.4, -0.2) is 9.55 Å². The molecule has 0 saturated carbocycles. The molecule has 0 aliphatic carbocycles. The Labute approximate surface area is 389 Å². The molecule has 0 unspecified atom stereocenters. The van der Waals surface area contributed by atoms with Gasteiger partial charge in [-0.05, 0) is 91.8 Å². The van der Waals surface area contributed by atoms with Gasteiger partial charge in [-0.25, -0.2) is 4.98 Å². The van der Waals surface area contributed by atoms with Crippen molar-refractivity contribution in [3.05, 3.63) is 175 Å². The molecule has 0 saturated heterocycles. The third kappa shape index (κ3) is 8.45. The summed E-state index contributed by atoms with van der Waals surface area (Å²) in [5.41, 5.74) is 13.7. The van der Waals surface area contributed by atoms with Crippen LogP contribution in [0.15, 0.2) is 134 Å². The van der Waals surface area contributed by atoms with E-state index in [1.165, 1.54) is 27.8 Å². The molecule has 0 radical (unpaired) electrons. The Morgan fingerprint density at radius 3 is 1.95 bits per heavy atom. The summed E-state index contributed by atoms with van der Waals surface area (Å²) >= 11 is 0. The molecule has 0 atom stereocenters. The summed E-state index contributed by atoms with van der Waals surface area (Å²) in [4.78, 5) is 9.67. The fraction of sp³-hybridized carbons (Fsp3) is 0.263. The topological polar surface area (TPSA) is 33.5 Å². The standard InChI is InChI=1S/C57H57N4O.Pt/c1-37(2)39-29-41(56(6,7)8)31-43(30-39)60-36-59(51-21-14-15-22-52(51)60)42-17-16-18-44(32-42)62-45-27-28-47-46-19-12-13-20-50(46)61(53(47)33-45)54-34-49(57(9,10)11)48(35-58-54)38-23-25-40(26-24-38)55(3,4)5;/h12-31,34-37H,1-11H3;/q-3;. The molecule has 0 N–H and O–H groups in total. The smallest absolute Gasteiger partial charge is 0.135 e. The molecular weight excluding hydrogens is 952 g/mol. The van der Waals surface area contributed by atoms with Crippen LogP contribution in [0.1, 0.15) is 104 Å². The Morgan fingerprint density at radius 1 is 0.603 bits per heavy atom. The van der Waals surface area contributed by atoms with E-state index in [-0.39, 0.29) is 37.3 Å². The van der Waals surface area contributed by atoms with Crippen LogP contribution in [0.4, 0.5) is 22.7 Å². The van der Waals surface area contributed by atoms with E-state index in [1.807, 2.05) is 24.4 Å². The quantitative estimate of drug-likeness (QED) is 0.149. The molecule has 0 fully saturated rings. The van der Waals surface area contributed by atoms with Crippen LogP contribution in [0, 0.1) is 18.8 Å². The van der Waals surface area contributed by atoms with Crippen molar-refractivity contribution < 1.29 is 25.8 Å². The fourth-order valence-corrected chi connectivity index (χ4v) is 8.54. The molecule has 6 heteroatoms. The van der Waals surface area contributed by atoms with Crippen molar-refractivity contribution in [2.75, 3.05) is 9.80 Å². The minimum absolute atomic E-state index is 0. The molecule has 0 bridgehead atoms. The van der Waals surface area contributed by atoms with Gasteiger partial charge in [0, 0.05) is 66.9 Å². The number of anilines is 4. The number of fused-ring (bicyclic) bond motifs is 4. The SMILES string of the molecule is CC(C)c1cc(N2[CH-]N(c3[c-]c(Oc4[c-]c5c(cc4)c4ccccc4n5-c4cc(C(C)(C)C)c(-c5ccc(C(C)(C)C)cc5)cn4)ccc3)c3ccccc32)cc(C(C)(C)C)c1.[Pt]. The van der Waals surface area contributed by atoms with Crippen molar-refractivity contribution in [1.29, 1.82) is 0 Å². The maximum atomic E-state index is 6.66. The largest absolute Gasteiger partial charge is 0.509 e. The minimum Gasteiger partial charge on any atom is -0.509 e. The van der Waals surface area contributed by atoms with Crippen molar-refractivity contribution >= 4 is 44.6 Å². The van der Waals surface area contributed by atoms with Gasteiger partial charge in [-0.1, -0.05) is 142 Å². The number of pyridine rings is 1. The molecule has 9 rings (SSSR count). The summed E-state index contributed by atoms with van der Waals surface area (Å²) in [6.07, 6.45) is 2.04. The first-order valence-corrected chi connectivity index (χ1v) is 21.9. The maximum Gasteiger partial charge on any atom is 0.135 e. The van der Waals surface area contributed by atoms with Crippen molar-refractivity contribution in [2.45, 2.75) is 98.3 Å². The first-order valence-electron chi connectivity index (χ1n) is 21.9. The van der Waals surface area contributed by atoms with Crippen LogP contribution >= 0.6 is 0 Å². The molecule has 8 aromatic rings. The number of ether oxygens (including phenoxy) is 1. The molecule has 2 aromatic heterocycles. The van der Waals surface area contributed by atoms with E-state index in [9.17, 15) is 0 Å². The van der Waals surface area contributed by atoms with Crippen LogP contribution in [-0.2, 0) is 37.3 Å². The van der Waals surface area contributed by atoms with E-state index >= 15 is 0 Å². The number of hydrogen-bond donors (Lipinski definition) is 0. The zero-order chi connectivity index (χ0) is 43.7. The van der Waals surface area contributed by atoms with Crippen LogP contribution in [0.5, 0.6) is 11.5 Å². The number of rotatable bonds is 7. The van der Waals surface area contributed by atoms with Gasteiger partial charge < -0.3 is 19.1 Å². The van der Waals surface area contributed by atoms with E-state index in [2.05, 4.69) is 219 Å². The summed E-state index contributed by atoms with van der Waals surface area (Å²) in [7, 11) is 0. The van der Waals surface area contributed by atoms with Gasteiger partial charge in [0.1, 0.15) is 5.82 Å². The number of para-hydroxylation sites is 3. The van der Waals surface area contributed by atoms with Crippen LogP contribution < -0.4 is 14.5 Å². The van der Waals surface area contributed by atoms with Crippen molar-refractivity contribution in [3.8, 4) is 28.4 Å². The Morgan fingerprint density at radius 2 is 1.27 bits per heavy atom. The first-order chi connectivity index (χ1) is 29.4. The van der Waals surface area contributed by atoms with Gasteiger partial charge in [-0.3, -0.25) is 0 Å². The number of benzene rings is 6. The Bertz CT molecular complexity index is 2960. The molecular formula is C57H57N4OPt-3. The monoisotopic (exact) mass is 1010 g/mol. The average Bonchev–Trinajstić information content (AvgIpc) is 3.79. The van der Waals surface area contributed by atoms with E-state index in [1.54, 1.807) is 0 Å². The molecule has 0 spiro atoms. The molecule has 5 nitrogen and oxygen atoms in total. The van der Waals surface area contributed by atoms with Gasteiger partial charge in [0.2, 0.25) is 0 Å². The minimum atomic E-state index is -0.134. The van der Waals surface area contributed by atoms with Gasteiger partial charge >= 0.3 is 0 Å². The fourth-order valence-electron chi connectivity index (χ4n) is 8.54. The third-order valence-corrected chi connectivity index (χ3v) is 12.2. The molecule has 63 heavy (non-hydrogen) atoms. The van der Waals surface area contributed by atoms with Gasteiger partial charge in [-0.2, -0.15) is 12.1 Å². The molecule has 6 aromatic carbocycles. The van der Waals surface area contributed by atoms with Gasteiger partial charge in [0.05, 0.1) is 0 Å². The Hall–Kier alpha value is -5.64. The number of hydrogen-bond acceptors (Lipinski definition) is 4. The summed E-state index contributed by atoms with van der Waals surface area (Å²) in [6, 6.07) is 52.8. The zero-order valence-corrected chi connectivity index (χ0v) is 40.6. The van der Waals surface area contributed by atoms with Gasteiger partial charge in [-0.15, -0.1) is 48.1 Å². The molecule has 1 aliphatic rings. The molecule has 0 amide bonds. The van der Waals surface area contributed by atoms with Crippen LogP contribution in [0.3, 0.4) is 0 Å². The molecule has 3 heterocycles.